The third-order valence-electron chi connectivity index (χ3n) is 1.71. The van der Waals surface area contributed by atoms with Crippen LogP contribution in [0.15, 0.2) is 0 Å². The molecular formula is C7H11NOS. The first kappa shape index (κ1) is 7.90. The lowest BCUT2D eigenvalue weighted by Crippen LogP contribution is -2.25. The molecule has 56 valence electrons. The SMILES string of the molecule is CSC1CCOC(C#N)C1. The van der Waals surface area contributed by atoms with Crippen molar-refractivity contribution in [3.63, 3.8) is 0 Å². The largest absolute Gasteiger partial charge is 0.363 e. The lowest BCUT2D eigenvalue weighted by Gasteiger charge is -2.23. The van der Waals surface area contributed by atoms with Crippen LogP contribution in [0, 0.1) is 11.3 Å². The van der Waals surface area contributed by atoms with Gasteiger partial charge in [0.05, 0.1) is 6.07 Å². The molecule has 0 amide bonds. The number of rotatable bonds is 1. The van der Waals surface area contributed by atoms with Crippen LogP contribution < -0.4 is 0 Å². The highest BCUT2D eigenvalue weighted by Gasteiger charge is 2.20. The summed E-state index contributed by atoms with van der Waals surface area (Å²) in [7, 11) is 0. The Bertz CT molecular complexity index is 143. The molecule has 1 aliphatic heterocycles. The van der Waals surface area contributed by atoms with Crippen molar-refractivity contribution in [1.82, 2.24) is 0 Å². The molecule has 0 aromatic carbocycles. The van der Waals surface area contributed by atoms with Gasteiger partial charge in [0.1, 0.15) is 6.10 Å². The van der Waals surface area contributed by atoms with E-state index in [1.807, 2.05) is 11.8 Å². The molecule has 1 heterocycles. The summed E-state index contributed by atoms with van der Waals surface area (Å²) in [6, 6.07) is 2.13. The Labute approximate surface area is 65.6 Å². The molecule has 0 radical (unpaired) electrons. The molecule has 0 bridgehead atoms. The summed E-state index contributed by atoms with van der Waals surface area (Å²) in [5.41, 5.74) is 0. The Kier molecular flexibility index (Phi) is 3.04. The topological polar surface area (TPSA) is 33.0 Å². The first-order valence-corrected chi connectivity index (χ1v) is 4.69. The van der Waals surface area contributed by atoms with Gasteiger partial charge >= 0.3 is 0 Å². The highest BCUT2D eigenvalue weighted by atomic mass is 32.2. The standard InChI is InChI=1S/C7H11NOS/c1-10-7-2-3-9-6(4-7)5-8/h6-7H,2-4H2,1H3. The molecule has 3 heteroatoms. The molecule has 2 unspecified atom stereocenters. The van der Waals surface area contributed by atoms with Crippen molar-refractivity contribution < 1.29 is 4.74 Å². The fourth-order valence-electron chi connectivity index (χ4n) is 1.07. The van der Waals surface area contributed by atoms with Gasteiger partial charge in [-0.25, -0.2) is 0 Å². The van der Waals surface area contributed by atoms with Crippen LogP contribution in [-0.2, 0) is 4.74 Å². The summed E-state index contributed by atoms with van der Waals surface area (Å²) in [5.74, 6) is 0. The van der Waals surface area contributed by atoms with E-state index < -0.39 is 0 Å². The van der Waals surface area contributed by atoms with Gasteiger partial charge in [0.15, 0.2) is 0 Å². The molecule has 0 saturated carbocycles. The van der Waals surface area contributed by atoms with Crippen molar-refractivity contribution in [2.45, 2.75) is 24.2 Å². The maximum atomic E-state index is 8.52. The van der Waals surface area contributed by atoms with Gasteiger partial charge in [0, 0.05) is 11.9 Å². The van der Waals surface area contributed by atoms with E-state index in [4.69, 9.17) is 10.00 Å². The van der Waals surface area contributed by atoms with E-state index in [9.17, 15) is 0 Å². The van der Waals surface area contributed by atoms with E-state index >= 15 is 0 Å². The monoisotopic (exact) mass is 157 g/mol. The van der Waals surface area contributed by atoms with Crippen LogP contribution in [0.5, 0.6) is 0 Å². The van der Waals surface area contributed by atoms with Crippen LogP contribution in [0.4, 0.5) is 0 Å². The predicted octanol–water partition coefficient (Wildman–Crippen LogP) is 1.42. The van der Waals surface area contributed by atoms with Crippen LogP contribution >= 0.6 is 11.8 Å². The van der Waals surface area contributed by atoms with E-state index in [1.165, 1.54) is 0 Å². The van der Waals surface area contributed by atoms with E-state index in [-0.39, 0.29) is 6.10 Å². The second-order valence-corrected chi connectivity index (χ2v) is 3.51. The normalized spacial score (nSPS) is 33.2. The Morgan fingerprint density at radius 1 is 1.70 bits per heavy atom. The van der Waals surface area contributed by atoms with Crippen LogP contribution in [0.2, 0.25) is 0 Å². The zero-order valence-corrected chi connectivity index (χ0v) is 6.86. The van der Waals surface area contributed by atoms with Crippen LogP contribution in [0.3, 0.4) is 0 Å². The van der Waals surface area contributed by atoms with Crippen LogP contribution in [-0.4, -0.2) is 24.2 Å². The maximum Gasteiger partial charge on any atom is 0.145 e. The van der Waals surface area contributed by atoms with Crippen molar-refractivity contribution in [1.29, 1.82) is 5.26 Å². The summed E-state index contributed by atoms with van der Waals surface area (Å²) in [6.45, 7) is 0.754. The zero-order valence-electron chi connectivity index (χ0n) is 6.04. The maximum absolute atomic E-state index is 8.52. The van der Waals surface area contributed by atoms with Crippen molar-refractivity contribution in [2.75, 3.05) is 12.9 Å². The van der Waals surface area contributed by atoms with E-state index in [0.29, 0.717) is 5.25 Å². The Hall–Kier alpha value is -0.200. The Balaban J connectivity index is 2.33. The van der Waals surface area contributed by atoms with Gasteiger partial charge in [-0.1, -0.05) is 0 Å². The van der Waals surface area contributed by atoms with Crippen molar-refractivity contribution in [3.8, 4) is 6.07 Å². The fourth-order valence-corrected chi connectivity index (χ4v) is 1.77. The van der Waals surface area contributed by atoms with Crippen molar-refractivity contribution in [2.24, 2.45) is 0 Å². The van der Waals surface area contributed by atoms with Gasteiger partial charge in [-0.3, -0.25) is 0 Å². The van der Waals surface area contributed by atoms with Gasteiger partial charge in [-0.2, -0.15) is 17.0 Å². The predicted molar refractivity (Wildman–Crippen MR) is 41.9 cm³/mol. The first-order valence-electron chi connectivity index (χ1n) is 3.41. The number of nitriles is 1. The van der Waals surface area contributed by atoms with Gasteiger partial charge in [0.25, 0.3) is 0 Å². The zero-order chi connectivity index (χ0) is 7.40. The first-order chi connectivity index (χ1) is 4.86. The molecular weight excluding hydrogens is 146 g/mol. The molecule has 1 rings (SSSR count). The number of hydrogen-bond donors (Lipinski definition) is 0. The summed E-state index contributed by atoms with van der Waals surface area (Å²) >= 11 is 1.83. The third kappa shape index (κ3) is 1.89. The quantitative estimate of drug-likeness (QED) is 0.577. The van der Waals surface area contributed by atoms with Crippen molar-refractivity contribution >= 4 is 11.8 Å². The van der Waals surface area contributed by atoms with E-state index in [1.54, 1.807) is 0 Å². The van der Waals surface area contributed by atoms with Crippen molar-refractivity contribution in [3.05, 3.63) is 0 Å². The minimum atomic E-state index is -0.147. The molecule has 2 nitrogen and oxygen atoms in total. The molecule has 1 fully saturated rings. The summed E-state index contributed by atoms with van der Waals surface area (Å²) < 4.78 is 5.18. The highest BCUT2D eigenvalue weighted by molar-refractivity contribution is 7.99. The summed E-state index contributed by atoms with van der Waals surface area (Å²) in [5, 5.41) is 9.16. The second kappa shape index (κ2) is 3.85. The number of hydrogen-bond acceptors (Lipinski definition) is 3. The molecule has 0 aromatic rings. The van der Waals surface area contributed by atoms with E-state index in [2.05, 4.69) is 12.3 Å². The molecule has 1 aliphatic rings. The average molecular weight is 157 g/mol. The van der Waals surface area contributed by atoms with E-state index in [0.717, 1.165) is 19.4 Å². The molecule has 2 atom stereocenters. The van der Waals surface area contributed by atoms with Gasteiger partial charge in [0.2, 0.25) is 0 Å². The summed E-state index contributed by atoms with van der Waals surface area (Å²) in [4.78, 5) is 0. The van der Waals surface area contributed by atoms with Gasteiger partial charge in [-0.05, 0) is 19.1 Å². The second-order valence-electron chi connectivity index (χ2n) is 2.37. The molecule has 1 saturated heterocycles. The molecule has 10 heavy (non-hydrogen) atoms. The van der Waals surface area contributed by atoms with Gasteiger partial charge < -0.3 is 4.74 Å². The Morgan fingerprint density at radius 3 is 3.10 bits per heavy atom. The smallest absolute Gasteiger partial charge is 0.145 e. The third-order valence-corrected chi connectivity index (χ3v) is 2.81. The lowest BCUT2D eigenvalue weighted by atomic mass is 10.1. The number of ether oxygens (including phenoxy) is 1. The molecule has 0 aliphatic carbocycles. The van der Waals surface area contributed by atoms with Crippen LogP contribution in [0.25, 0.3) is 0 Å². The Morgan fingerprint density at radius 2 is 2.50 bits per heavy atom. The molecule has 0 aromatic heterocycles. The number of thioether (sulfide) groups is 1. The lowest BCUT2D eigenvalue weighted by molar-refractivity contribution is 0.0543. The average Bonchev–Trinajstić information content (AvgIpc) is 2.05. The summed E-state index contributed by atoms with van der Waals surface area (Å²) in [6.07, 6.45) is 3.94. The highest BCUT2D eigenvalue weighted by Crippen LogP contribution is 2.22. The van der Waals surface area contributed by atoms with Crippen LogP contribution in [0.1, 0.15) is 12.8 Å². The molecule has 0 spiro atoms. The number of nitrogens with zero attached hydrogens (tertiary/aromatic N) is 1. The molecule has 0 N–H and O–H groups in total. The minimum Gasteiger partial charge on any atom is -0.363 e. The minimum absolute atomic E-state index is 0.147. The van der Waals surface area contributed by atoms with Gasteiger partial charge in [-0.15, -0.1) is 0 Å². The fraction of sp³-hybridized carbons (Fsp3) is 0.857.